The second kappa shape index (κ2) is 7.15. The van der Waals surface area contributed by atoms with Gasteiger partial charge in [0.05, 0.1) is 5.75 Å². The molecule has 0 aliphatic carbocycles. The number of rotatable bonds is 6. The zero-order chi connectivity index (χ0) is 16.0. The molecule has 0 aliphatic heterocycles. The zero-order valence-corrected chi connectivity index (χ0v) is 12.7. The number of primary sulfonamides is 1. The minimum atomic E-state index is -3.55. The van der Waals surface area contributed by atoms with Crippen LogP contribution < -0.4 is 10.5 Å². The number of sulfonamides is 1. The van der Waals surface area contributed by atoms with Gasteiger partial charge in [-0.05, 0) is 35.7 Å². The summed E-state index contributed by atoms with van der Waals surface area (Å²) >= 11 is 0. The molecule has 0 spiro atoms. The average Bonchev–Trinajstić information content (AvgIpc) is 2.47. The summed E-state index contributed by atoms with van der Waals surface area (Å²) in [7, 11) is -3.55. The summed E-state index contributed by atoms with van der Waals surface area (Å²) in [5.74, 6) is -0.328. The van der Waals surface area contributed by atoms with Crippen LogP contribution in [0.3, 0.4) is 0 Å². The first-order chi connectivity index (χ1) is 10.4. The molecule has 0 saturated carbocycles. The molecule has 1 aromatic heterocycles. The van der Waals surface area contributed by atoms with Gasteiger partial charge in [0.25, 0.3) is 0 Å². The van der Waals surface area contributed by atoms with Crippen molar-refractivity contribution >= 4 is 21.6 Å². The number of benzene rings is 1. The number of aryl methyl sites for hydroxylation is 1. The Hall–Kier alpha value is -2.25. The lowest BCUT2D eigenvalue weighted by molar-refractivity contribution is -0.116. The van der Waals surface area contributed by atoms with Crippen molar-refractivity contribution < 1.29 is 13.2 Å². The number of hydrogen-bond acceptors (Lipinski definition) is 4. The third-order valence-corrected chi connectivity index (χ3v) is 3.70. The van der Waals surface area contributed by atoms with Crippen molar-refractivity contribution in [2.75, 3.05) is 5.32 Å². The van der Waals surface area contributed by atoms with Gasteiger partial charge in [0, 0.05) is 24.5 Å². The molecule has 6 nitrogen and oxygen atoms in total. The van der Waals surface area contributed by atoms with E-state index >= 15 is 0 Å². The summed E-state index contributed by atoms with van der Waals surface area (Å²) < 4.78 is 22.0. The van der Waals surface area contributed by atoms with Gasteiger partial charge in [-0.3, -0.25) is 9.78 Å². The Kier molecular flexibility index (Phi) is 5.24. The topological polar surface area (TPSA) is 102 Å². The number of hydrogen-bond donors (Lipinski definition) is 2. The fourth-order valence-electron chi connectivity index (χ4n) is 1.94. The van der Waals surface area contributed by atoms with Gasteiger partial charge in [0.2, 0.25) is 15.9 Å². The molecule has 22 heavy (non-hydrogen) atoms. The Bertz CT molecular complexity index is 728. The van der Waals surface area contributed by atoms with E-state index in [1.165, 1.54) is 0 Å². The summed E-state index contributed by atoms with van der Waals surface area (Å²) in [6, 6.07) is 10.3. The van der Waals surface area contributed by atoms with E-state index in [-0.39, 0.29) is 11.7 Å². The lowest BCUT2D eigenvalue weighted by Gasteiger charge is -2.06. The van der Waals surface area contributed by atoms with Gasteiger partial charge in [-0.1, -0.05) is 18.2 Å². The van der Waals surface area contributed by atoms with Gasteiger partial charge in [-0.2, -0.15) is 0 Å². The molecule has 116 valence electrons. The van der Waals surface area contributed by atoms with E-state index in [1.807, 2.05) is 12.1 Å². The van der Waals surface area contributed by atoms with Crippen LogP contribution in [0.2, 0.25) is 0 Å². The molecule has 0 saturated heterocycles. The number of carbonyl (C=O) groups excluding carboxylic acids is 1. The Morgan fingerprint density at radius 2 is 1.86 bits per heavy atom. The zero-order valence-electron chi connectivity index (χ0n) is 11.9. The van der Waals surface area contributed by atoms with Crippen molar-refractivity contribution in [3.63, 3.8) is 0 Å². The molecular weight excluding hydrogens is 302 g/mol. The molecule has 2 aromatic rings. The largest absolute Gasteiger partial charge is 0.326 e. The van der Waals surface area contributed by atoms with Gasteiger partial charge < -0.3 is 5.32 Å². The van der Waals surface area contributed by atoms with Crippen LogP contribution in [0.1, 0.15) is 17.5 Å². The van der Waals surface area contributed by atoms with Crippen molar-refractivity contribution in [3.05, 3.63) is 59.9 Å². The minimum Gasteiger partial charge on any atom is -0.326 e. The molecule has 0 bridgehead atoms. The van der Waals surface area contributed by atoms with E-state index in [2.05, 4.69) is 10.3 Å². The van der Waals surface area contributed by atoms with Crippen molar-refractivity contribution in [1.82, 2.24) is 4.98 Å². The fourth-order valence-corrected chi connectivity index (χ4v) is 2.60. The Balaban J connectivity index is 1.86. The first-order valence-electron chi connectivity index (χ1n) is 6.70. The van der Waals surface area contributed by atoms with Crippen LogP contribution in [0.4, 0.5) is 5.69 Å². The van der Waals surface area contributed by atoms with Crippen molar-refractivity contribution in [1.29, 1.82) is 0 Å². The minimum absolute atomic E-state index is 0.108. The molecular formula is C15H17N3O3S. The number of anilines is 1. The third kappa shape index (κ3) is 5.63. The van der Waals surface area contributed by atoms with Gasteiger partial charge in [-0.25, -0.2) is 13.6 Å². The standard InChI is InChI=1S/C15H17N3O3S/c16-22(20,21)11-13-3-6-14(7-4-13)18-15(19)8-5-12-2-1-9-17-10-12/h1-4,6-7,9-10H,5,8,11H2,(H,18,19)(H2,16,20,21). The molecule has 0 atom stereocenters. The lowest BCUT2D eigenvalue weighted by atomic mass is 10.1. The number of nitrogens with one attached hydrogen (secondary N) is 1. The predicted molar refractivity (Wildman–Crippen MR) is 84.4 cm³/mol. The van der Waals surface area contributed by atoms with Gasteiger partial charge >= 0.3 is 0 Å². The Labute approximate surface area is 129 Å². The molecule has 2 rings (SSSR count). The van der Waals surface area contributed by atoms with E-state index < -0.39 is 10.0 Å². The molecule has 0 fully saturated rings. The van der Waals surface area contributed by atoms with Crippen LogP contribution in [0.25, 0.3) is 0 Å². The predicted octanol–water partition coefficient (Wildman–Crippen LogP) is 1.44. The molecule has 0 aliphatic rings. The Morgan fingerprint density at radius 1 is 1.14 bits per heavy atom. The summed E-state index contributed by atoms with van der Waals surface area (Å²) in [5.41, 5.74) is 2.20. The van der Waals surface area contributed by atoms with Crippen molar-refractivity contribution in [2.45, 2.75) is 18.6 Å². The number of aromatic nitrogens is 1. The van der Waals surface area contributed by atoms with E-state index in [0.29, 0.717) is 24.1 Å². The summed E-state index contributed by atoms with van der Waals surface area (Å²) in [4.78, 5) is 15.8. The maximum Gasteiger partial charge on any atom is 0.224 e. The van der Waals surface area contributed by atoms with Crippen LogP contribution >= 0.6 is 0 Å². The van der Waals surface area contributed by atoms with Crippen LogP contribution in [0.15, 0.2) is 48.8 Å². The van der Waals surface area contributed by atoms with Gasteiger partial charge in [0.15, 0.2) is 0 Å². The molecule has 3 N–H and O–H groups in total. The first kappa shape index (κ1) is 16.1. The van der Waals surface area contributed by atoms with Crippen molar-refractivity contribution in [2.24, 2.45) is 5.14 Å². The lowest BCUT2D eigenvalue weighted by Crippen LogP contribution is -2.15. The van der Waals surface area contributed by atoms with Gasteiger partial charge in [0.1, 0.15) is 0 Å². The highest BCUT2D eigenvalue weighted by Crippen LogP contribution is 2.12. The van der Waals surface area contributed by atoms with E-state index in [9.17, 15) is 13.2 Å². The normalized spacial score (nSPS) is 11.1. The van der Waals surface area contributed by atoms with Crippen LogP contribution in [-0.4, -0.2) is 19.3 Å². The SMILES string of the molecule is NS(=O)(=O)Cc1ccc(NC(=O)CCc2cccnc2)cc1. The molecule has 0 unspecified atom stereocenters. The third-order valence-electron chi connectivity index (χ3n) is 2.97. The maximum absolute atomic E-state index is 11.9. The number of amides is 1. The van der Waals surface area contributed by atoms with Crippen LogP contribution in [-0.2, 0) is 27.0 Å². The smallest absolute Gasteiger partial charge is 0.224 e. The van der Waals surface area contributed by atoms with E-state index in [4.69, 9.17) is 5.14 Å². The van der Waals surface area contributed by atoms with Crippen LogP contribution in [0, 0.1) is 0 Å². The molecule has 0 radical (unpaired) electrons. The van der Waals surface area contributed by atoms with E-state index in [1.54, 1.807) is 36.7 Å². The first-order valence-corrected chi connectivity index (χ1v) is 8.42. The average molecular weight is 319 g/mol. The highest BCUT2D eigenvalue weighted by atomic mass is 32.2. The Morgan fingerprint density at radius 3 is 2.45 bits per heavy atom. The number of pyridine rings is 1. The second-order valence-electron chi connectivity index (χ2n) is 4.91. The molecule has 1 amide bonds. The summed E-state index contributed by atoms with van der Waals surface area (Å²) in [6.45, 7) is 0. The molecule has 1 heterocycles. The number of nitrogens with zero attached hydrogens (tertiary/aromatic N) is 1. The van der Waals surface area contributed by atoms with E-state index in [0.717, 1.165) is 5.56 Å². The quantitative estimate of drug-likeness (QED) is 0.841. The van der Waals surface area contributed by atoms with Gasteiger partial charge in [-0.15, -0.1) is 0 Å². The summed E-state index contributed by atoms with van der Waals surface area (Å²) in [6.07, 6.45) is 4.38. The monoisotopic (exact) mass is 319 g/mol. The fraction of sp³-hybridized carbons (Fsp3) is 0.200. The maximum atomic E-state index is 11.9. The van der Waals surface area contributed by atoms with Crippen molar-refractivity contribution in [3.8, 4) is 0 Å². The number of nitrogens with two attached hydrogens (primary N) is 1. The number of carbonyl (C=O) groups is 1. The highest BCUT2D eigenvalue weighted by Gasteiger charge is 2.06. The molecule has 7 heteroatoms. The molecule has 1 aromatic carbocycles. The summed E-state index contributed by atoms with van der Waals surface area (Å²) in [5, 5.41) is 7.74. The highest BCUT2D eigenvalue weighted by molar-refractivity contribution is 7.88. The van der Waals surface area contributed by atoms with Crippen LogP contribution in [0.5, 0.6) is 0 Å². The second-order valence-corrected chi connectivity index (χ2v) is 6.53.